The van der Waals surface area contributed by atoms with E-state index in [1.165, 1.54) is 24.3 Å². The van der Waals surface area contributed by atoms with Crippen LogP contribution < -0.4 is 10.1 Å². The summed E-state index contributed by atoms with van der Waals surface area (Å²) >= 11 is 0. The van der Waals surface area contributed by atoms with Crippen LogP contribution in [0, 0.1) is 11.7 Å². The molecule has 0 bridgehead atoms. The predicted octanol–water partition coefficient (Wildman–Crippen LogP) is 1.73. The van der Waals surface area contributed by atoms with E-state index >= 15 is 0 Å². The minimum Gasteiger partial charge on any atom is -0.484 e. The zero-order chi connectivity index (χ0) is 14.3. The molecule has 1 aromatic carbocycles. The summed E-state index contributed by atoms with van der Waals surface area (Å²) in [6, 6.07) is 5.41. The van der Waals surface area contributed by atoms with Crippen molar-refractivity contribution in [3.05, 3.63) is 30.1 Å². The van der Waals surface area contributed by atoms with Gasteiger partial charge in [-0.25, -0.2) is 4.39 Å². The van der Waals surface area contributed by atoms with Gasteiger partial charge in [0.25, 0.3) is 5.91 Å². The second-order valence-corrected chi connectivity index (χ2v) is 4.67. The fraction of sp³-hybridized carbons (Fsp3) is 0.500. The van der Waals surface area contributed by atoms with E-state index < -0.39 is 0 Å². The Hall–Kier alpha value is -1.62. The Balaban J connectivity index is 2.40. The molecule has 1 amide bonds. The Labute approximate surface area is 112 Å². The minimum atomic E-state index is -0.348. The fourth-order valence-corrected chi connectivity index (χ4v) is 1.64. The highest BCUT2D eigenvalue weighted by molar-refractivity contribution is 5.77. The third-order valence-corrected chi connectivity index (χ3v) is 2.77. The topological polar surface area (TPSA) is 58.6 Å². The Kier molecular flexibility index (Phi) is 6.29. The summed E-state index contributed by atoms with van der Waals surface area (Å²) < 4.78 is 17.9. The van der Waals surface area contributed by atoms with Gasteiger partial charge in [-0.05, 0) is 36.6 Å². The average Bonchev–Trinajstić information content (AvgIpc) is 2.37. The average molecular weight is 269 g/mol. The fourth-order valence-electron chi connectivity index (χ4n) is 1.64. The molecule has 0 saturated carbocycles. The lowest BCUT2D eigenvalue weighted by molar-refractivity contribution is -0.124. The highest BCUT2D eigenvalue weighted by Gasteiger charge is 2.15. The number of hydrogen-bond acceptors (Lipinski definition) is 3. The summed E-state index contributed by atoms with van der Waals surface area (Å²) in [5.41, 5.74) is 0. The largest absolute Gasteiger partial charge is 0.484 e. The van der Waals surface area contributed by atoms with Crippen molar-refractivity contribution in [3.8, 4) is 5.75 Å². The molecular weight excluding hydrogens is 249 g/mol. The van der Waals surface area contributed by atoms with Crippen LogP contribution in [0.2, 0.25) is 0 Å². The highest BCUT2D eigenvalue weighted by Crippen LogP contribution is 2.11. The van der Waals surface area contributed by atoms with Crippen molar-refractivity contribution in [2.75, 3.05) is 13.2 Å². The zero-order valence-corrected chi connectivity index (χ0v) is 11.2. The number of aliphatic hydroxyl groups is 1. The van der Waals surface area contributed by atoms with Crippen molar-refractivity contribution in [1.29, 1.82) is 0 Å². The van der Waals surface area contributed by atoms with Crippen LogP contribution in [-0.2, 0) is 4.79 Å². The van der Waals surface area contributed by atoms with Gasteiger partial charge in [-0.3, -0.25) is 4.79 Å². The number of rotatable bonds is 7. The first-order valence-corrected chi connectivity index (χ1v) is 6.31. The molecular formula is C14H20FNO3. The molecule has 0 aliphatic carbocycles. The van der Waals surface area contributed by atoms with Crippen LogP contribution in [0.4, 0.5) is 4.39 Å². The third kappa shape index (κ3) is 5.70. The van der Waals surface area contributed by atoms with Gasteiger partial charge in [0.2, 0.25) is 0 Å². The summed E-state index contributed by atoms with van der Waals surface area (Å²) in [5, 5.41) is 11.7. The lowest BCUT2D eigenvalue weighted by Gasteiger charge is -2.21. The monoisotopic (exact) mass is 269 g/mol. The van der Waals surface area contributed by atoms with Gasteiger partial charge in [0.1, 0.15) is 11.6 Å². The molecule has 0 saturated heterocycles. The molecule has 1 aromatic rings. The second-order valence-electron chi connectivity index (χ2n) is 4.67. The SMILES string of the molecule is CC(C)C(CCO)NC(=O)COc1ccc(F)cc1. The van der Waals surface area contributed by atoms with Crippen LogP contribution in [0.1, 0.15) is 20.3 Å². The highest BCUT2D eigenvalue weighted by atomic mass is 19.1. The van der Waals surface area contributed by atoms with Gasteiger partial charge >= 0.3 is 0 Å². The van der Waals surface area contributed by atoms with Crippen molar-refractivity contribution in [2.45, 2.75) is 26.3 Å². The summed E-state index contributed by atoms with van der Waals surface area (Å²) in [4.78, 5) is 11.7. The van der Waals surface area contributed by atoms with Crippen LogP contribution >= 0.6 is 0 Å². The molecule has 0 spiro atoms. The number of carbonyl (C=O) groups is 1. The van der Waals surface area contributed by atoms with Crippen molar-refractivity contribution in [3.63, 3.8) is 0 Å². The van der Waals surface area contributed by atoms with Gasteiger partial charge in [0, 0.05) is 12.6 Å². The molecule has 5 heteroatoms. The van der Waals surface area contributed by atoms with Gasteiger partial charge in [0.15, 0.2) is 6.61 Å². The molecule has 0 aromatic heterocycles. The number of nitrogens with one attached hydrogen (secondary N) is 1. The van der Waals surface area contributed by atoms with Crippen molar-refractivity contribution in [1.82, 2.24) is 5.32 Å². The van der Waals surface area contributed by atoms with Gasteiger partial charge in [-0.1, -0.05) is 13.8 Å². The van der Waals surface area contributed by atoms with Crippen molar-refractivity contribution >= 4 is 5.91 Å². The van der Waals surface area contributed by atoms with E-state index in [0.717, 1.165) is 0 Å². The molecule has 4 nitrogen and oxygen atoms in total. The summed E-state index contributed by atoms with van der Waals surface area (Å²) in [7, 11) is 0. The maximum absolute atomic E-state index is 12.7. The molecule has 1 atom stereocenters. The third-order valence-electron chi connectivity index (χ3n) is 2.77. The number of carbonyl (C=O) groups excluding carboxylic acids is 1. The molecule has 2 N–H and O–H groups in total. The standard InChI is InChI=1S/C14H20FNO3/c1-10(2)13(7-8-17)16-14(18)9-19-12-5-3-11(15)4-6-12/h3-6,10,13,17H,7-9H2,1-2H3,(H,16,18). The molecule has 1 rings (SSSR count). The van der Waals surface area contributed by atoms with E-state index in [9.17, 15) is 9.18 Å². The van der Waals surface area contributed by atoms with Crippen LogP contribution in [0.15, 0.2) is 24.3 Å². The predicted molar refractivity (Wildman–Crippen MR) is 70.4 cm³/mol. The molecule has 0 aliphatic rings. The van der Waals surface area contributed by atoms with Crippen molar-refractivity contribution in [2.24, 2.45) is 5.92 Å². The number of hydrogen-bond donors (Lipinski definition) is 2. The molecule has 0 heterocycles. The molecule has 0 fully saturated rings. The zero-order valence-electron chi connectivity index (χ0n) is 11.2. The van der Waals surface area contributed by atoms with Crippen LogP contribution in [0.5, 0.6) is 5.75 Å². The summed E-state index contributed by atoms with van der Waals surface area (Å²) in [6.45, 7) is 3.85. The molecule has 106 valence electrons. The number of ether oxygens (including phenoxy) is 1. The summed E-state index contributed by atoms with van der Waals surface area (Å²) in [5.74, 6) is 0.0813. The van der Waals surface area contributed by atoms with E-state index in [4.69, 9.17) is 9.84 Å². The Bertz CT molecular complexity index is 392. The Morgan fingerprint density at radius 3 is 2.53 bits per heavy atom. The van der Waals surface area contributed by atoms with Crippen molar-refractivity contribution < 1.29 is 19.0 Å². The van der Waals surface area contributed by atoms with Crippen LogP contribution in [0.3, 0.4) is 0 Å². The van der Waals surface area contributed by atoms with E-state index in [2.05, 4.69) is 5.32 Å². The number of amides is 1. The van der Waals surface area contributed by atoms with E-state index in [0.29, 0.717) is 12.2 Å². The normalized spacial score (nSPS) is 12.3. The molecule has 0 radical (unpaired) electrons. The van der Waals surface area contributed by atoms with E-state index in [1.54, 1.807) is 0 Å². The van der Waals surface area contributed by atoms with Crippen LogP contribution in [-0.4, -0.2) is 30.3 Å². The molecule has 19 heavy (non-hydrogen) atoms. The maximum atomic E-state index is 12.7. The first-order valence-electron chi connectivity index (χ1n) is 6.31. The van der Waals surface area contributed by atoms with Crippen LogP contribution in [0.25, 0.3) is 0 Å². The quantitative estimate of drug-likeness (QED) is 0.792. The second kappa shape index (κ2) is 7.74. The minimum absolute atomic E-state index is 0.0297. The van der Waals surface area contributed by atoms with Gasteiger partial charge in [-0.2, -0.15) is 0 Å². The van der Waals surface area contributed by atoms with Gasteiger partial charge < -0.3 is 15.2 Å². The molecule has 0 aliphatic heterocycles. The van der Waals surface area contributed by atoms with E-state index in [-0.39, 0.29) is 36.9 Å². The summed E-state index contributed by atoms with van der Waals surface area (Å²) in [6.07, 6.45) is 0.514. The smallest absolute Gasteiger partial charge is 0.258 e. The lowest BCUT2D eigenvalue weighted by atomic mass is 10.0. The number of benzene rings is 1. The number of halogens is 1. The first kappa shape index (κ1) is 15.4. The number of aliphatic hydroxyl groups excluding tert-OH is 1. The van der Waals surface area contributed by atoms with E-state index in [1.807, 2.05) is 13.8 Å². The molecule has 1 unspecified atom stereocenters. The van der Waals surface area contributed by atoms with Gasteiger partial charge in [0.05, 0.1) is 0 Å². The Morgan fingerprint density at radius 2 is 2.00 bits per heavy atom. The lowest BCUT2D eigenvalue weighted by Crippen LogP contribution is -2.41. The van der Waals surface area contributed by atoms with Gasteiger partial charge in [-0.15, -0.1) is 0 Å². The first-order chi connectivity index (χ1) is 9.02. The maximum Gasteiger partial charge on any atom is 0.258 e. The Morgan fingerprint density at radius 1 is 1.37 bits per heavy atom.